The molecule has 0 aromatic heterocycles. The van der Waals surface area contributed by atoms with E-state index in [0.29, 0.717) is 18.7 Å². The minimum absolute atomic E-state index is 0.0229. The van der Waals surface area contributed by atoms with Crippen LogP contribution in [0.5, 0.6) is 0 Å². The van der Waals surface area contributed by atoms with E-state index in [0.717, 1.165) is 6.42 Å². The van der Waals surface area contributed by atoms with Gasteiger partial charge in [-0.2, -0.15) is 0 Å². The van der Waals surface area contributed by atoms with Gasteiger partial charge in [-0.3, -0.25) is 9.59 Å². The van der Waals surface area contributed by atoms with E-state index in [2.05, 4.69) is 6.58 Å². The summed E-state index contributed by atoms with van der Waals surface area (Å²) < 4.78 is 0. The average Bonchev–Trinajstić information content (AvgIpc) is 2.26. The van der Waals surface area contributed by atoms with Crippen LogP contribution in [0.2, 0.25) is 0 Å². The van der Waals surface area contributed by atoms with Crippen molar-refractivity contribution in [3.05, 3.63) is 12.2 Å². The second-order valence-corrected chi connectivity index (χ2v) is 4.78. The Balaban J connectivity index is 3.96. The van der Waals surface area contributed by atoms with E-state index in [1.807, 2.05) is 13.8 Å². The maximum atomic E-state index is 11.6. The second kappa shape index (κ2) is 7.09. The number of rotatable bonds is 6. The summed E-state index contributed by atoms with van der Waals surface area (Å²) in [5.41, 5.74) is 0.541. The molecule has 4 nitrogen and oxygen atoms in total. The molecule has 17 heavy (non-hydrogen) atoms. The number of likely N-dealkylation sites (N-methyl/N-ethyl adjacent to an activating group) is 1. The van der Waals surface area contributed by atoms with E-state index in [1.165, 1.54) is 0 Å². The third-order valence-corrected chi connectivity index (χ3v) is 2.57. The normalized spacial score (nSPS) is 10.2. The van der Waals surface area contributed by atoms with Crippen molar-refractivity contribution in [1.29, 1.82) is 0 Å². The smallest absolute Gasteiger partial charge is 0.248 e. The lowest BCUT2D eigenvalue weighted by molar-refractivity contribution is -0.133. The first-order valence-corrected chi connectivity index (χ1v) is 5.93. The van der Waals surface area contributed by atoms with Crippen molar-refractivity contribution in [1.82, 2.24) is 9.80 Å². The van der Waals surface area contributed by atoms with Crippen LogP contribution in [0, 0.1) is 5.92 Å². The Bertz CT molecular complexity index is 298. The molecule has 0 heterocycles. The molecule has 0 atom stereocenters. The molecule has 98 valence electrons. The van der Waals surface area contributed by atoms with Crippen LogP contribution in [-0.2, 0) is 9.59 Å². The zero-order valence-corrected chi connectivity index (χ0v) is 11.6. The molecule has 0 N–H and O–H groups in total. The monoisotopic (exact) mass is 240 g/mol. The van der Waals surface area contributed by atoms with Gasteiger partial charge in [0.2, 0.25) is 11.8 Å². The number of hydrogen-bond donors (Lipinski definition) is 0. The van der Waals surface area contributed by atoms with Gasteiger partial charge in [0.05, 0.1) is 0 Å². The zero-order valence-electron chi connectivity index (χ0n) is 11.6. The molecule has 0 aliphatic carbocycles. The molecule has 0 saturated carbocycles. The summed E-state index contributed by atoms with van der Waals surface area (Å²) >= 11 is 0. The first kappa shape index (κ1) is 15.7. The van der Waals surface area contributed by atoms with Gasteiger partial charge < -0.3 is 9.80 Å². The standard InChI is InChI=1S/C13H24N2O2/c1-10(2)12(16)14(5)8-7-9-15(6)13(17)11(3)4/h11H,1,7-9H2,2-6H3. The minimum Gasteiger partial charge on any atom is -0.345 e. The predicted molar refractivity (Wildman–Crippen MR) is 69.5 cm³/mol. The van der Waals surface area contributed by atoms with Gasteiger partial charge in [0, 0.05) is 38.7 Å². The van der Waals surface area contributed by atoms with Crippen molar-refractivity contribution < 1.29 is 9.59 Å². The van der Waals surface area contributed by atoms with E-state index in [9.17, 15) is 9.59 Å². The van der Waals surface area contributed by atoms with Gasteiger partial charge in [0.15, 0.2) is 0 Å². The summed E-state index contributed by atoms with van der Waals surface area (Å²) in [6.45, 7) is 10.4. The van der Waals surface area contributed by atoms with Crippen LogP contribution in [0.4, 0.5) is 0 Å². The summed E-state index contributed by atoms with van der Waals surface area (Å²) in [6.07, 6.45) is 0.782. The first-order chi connectivity index (χ1) is 7.77. The lowest BCUT2D eigenvalue weighted by atomic mass is 10.2. The highest BCUT2D eigenvalue weighted by Gasteiger charge is 2.13. The highest BCUT2D eigenvalue weighted by Crippen LogP contribution is 2.01. The Hall–Kier alpha value is -1.32. The summed E-state index contributed by atoms with van der Waals surface area (Å²) in [7, 11) is 3.55. The van der Waals surface area contributed by atoms with E-state index >= 15 is 0 Å². The van der Waals surface area contributed by atoms with Gasteiger partial charge in [-0.1, -0.05) is 20.4 Å². The molecule has 0 aromatic rings. The largest absolute Gasteiger partial charge is 0.345 e. The van der Waals surface area contributed by atoms with Crippen LogP contribution in [0.25, 0.3) is 0 Å². The molecule has 0 aliphatic rings. The molecule has 0 spiro atoms. The summed E-state index contributed by atoms with van der Waals surface area (Å²) in [6, 6.07) is 0. The summed E-state index contributed by atoms with van der Waals surface area (Å²) in [5, 5.41) is 0. The van der Waals surface area contributed by atoms with Crippen molar-refractivity contribution in [3.63, 3.8) is 0 Å². The van der Waals surface area contributed by atoms with Gasteiger partial charge in [-0.15, -0.1) is 0 Å². The number of nitrogens with zero attached hydrogens (tertiary/aromatic N) is 2. The fourth-order valence-electron chi connectivity index (χ4n) is 1.52. The molecule has 0 unspecified atom stereocenters. The van der Waals surface area contributed by atoms with E-state index in [1.54, 1.807) is 30.8 Å². The van der Waals surface area contributed by atoms with Gasteiger partial charge in [0.25, 0.3) is 0 Å². The van der Waals surface area contributed by atoms with Gasteiger partial charge >= 0.3 is 0 Å². The Morgan fingerprint density at radius 3 is 2.00 bits per heavy atom. The highest BCUT2D eigenvalue weighted by atomic mass is 16.2. The molecule has 4 heteroatoms. The molecule has 0 rings (SSSR count). The Kier molecular flexibility index (Phi) is 6.54. The van der Waals surface area contributed by atoms with Crippen LogP contribution < -0.4 is 0 Å². The topological polar surface area (TPSA) is 40.6 Å². The van der Waals surface area contributed by atoms with Crippen molar-refractivity contribution >= 4 is 11.8 Å². The second-order valence-electron chi connectivity index (χ2n) is 4.78. The molecular formula is C13H24N2O2. The number of carbonyl (C=O) groups excluding carboxylic acids is 2. The van der Waals surface area contributed by atoms with Crippen LogP contribution in [-0.4, -0.2) is 48.8 Å². The Morgan fingerprint density at radius 1 is 1.12 bits per heavy atom. The highest BCUT2D eigenvalue weighted by molar-refractivity contribution is 5.91. The lowest BCUT2D eigenvalue weighted by Gasteiger charge is -2.22. The predicted octanol–water partition coefficient (Wildman–Crippen LogP) is 1.53. The maximum Gasteiger partial charge on any atom is 0.248 e. The van der Waals surface area contributed by atoms with Crippen LogP contribution >= 0.6 is 0 Å². The van der Waals surface area contributed by atoms with Crippen LogP contribution in [0.15, 0.2) is 12.2 Å². The van der Waals surface area contributed by atoms with Crippen molar-refractivity contribution in [3.8, 4) is 0 Å². The SMILES string of the molecule is C=C(C)C(=O)N(C)CCCN(C)C(=O)C(C)C. The molecule has 0 aliphatic heterocycles. The first-order valence-electron chi connectivity index (χ1n) is 5.93. The van der Waals surface area contributed by atoms with E-state index in [4.69, 9.17) is 0 Å². The van der Waals surface area contributed by atoms with Crippen LogP contribution in [0.1, 0.15) is 27.2 Å². The Labute approximate surface area is 104 Å². The molecule has 2 amide bonds. The average molecular weight is 240 g/mol. The Morgan fingerprint density at radius 2 is 1.59 bits per heavy atom. The molecule has 0 saturated heterocycles. The third kappa shape index (κ3) is 5.52. The van der Waals surface area contributed by atoms with Crippen LogP contribution in [0.3, 0.4) is 0 Å². The van der Waals surface area contributed by atoms with E-state index in [-0.39, 0.29) is 17.7 Å². The third-order valence-electron chi connectivity index (χ3n) is 2.57. The maximum absolute atomic E-state index is 11.6. The van der Waals surface area contributed by atoms with E-state index < -0.39 is 0 Å². The van der Waals surface area contributed by atoms with Gasteiger partial charge in [0.1, 0.15) is 0 Å². The molecule has 0 radical (unpaired) electrons. The molecule has 0 aromatic carbocycles. The lowest BCUT2D eigenvalue weighted by Crippen LogP contribution is -2.34. The van der Waals surface area contributed by atoms with Crippen molar-refractivity contribution in [2.45, 2.75) is 27.2 Å². The minimum atomic E-state index is -0.0390. The fraction of sp³-hybridized carbons (Fsp3) is 0.692. The van der Waals surface area contributed by atoms with Gasteiger partial charge in [-0.05, 0) is 13.3 Å². The fourth-order valence-corrected chi connectivity index (χ4v) is 1.52. The zero-order chi connectivity index (χ0) is 13.6. The summed E-state index contributed by atoms with van der Waals surface area (Å²) in [5.74, 6) is 0.122. The molecular weight excluding hydrogens is 216 g/mol. The molecule has 0 fully saturated rings. The number of amides is 2. The molecule has 0 bridgehead atoms. The quantitative estimate of drug-likeness (QED) is 0.661. The van der Waals surface area contributed by atoms with Gasteiger partial charge in [-0.25, -0.2) is 0 Å². The van der Waals surface area contributed by atoms with Crippen molar-refractivity contribution in [2.24, 2.45) is 5.92 Å². The number of hydrogen-bond acceptors (Lipinski definition) is 2. The van der Waals surface area contributed by atoms with Crippen molar-refractivity contribution in [2.75, 3.05) is 27.2 Å². The summed E-state index contributed by atoms with van der Waals surface area (Å²) in [4.78, 5) is 26.4. The number of carbonyl (C=O) groups is 2.